The van der Waals surface area contributed by atoms with Crippen molar-refractivity contribution in [1.82, 2.24) is 9.97 Å². The van der Waals surface area contributed by atoms with Crippen molar-refractivity contribution in [2.24, 2.45) is 0 Å². The third-order valence-electron chi connectivity index (χ3n) is 4.30. The van der Waals surface area contributed by atoms with Crippen molar-refractivity contribution >= 4 is 40.8 Å². The molecule has 0 spiro atoms. The Hall–Kier alpha value is -2.83. The van der Waals surface area contributed by atoms with Crippen molar-refractivity contribution in [1.29, 1.82) is 0 Å². The number of hydrogen-bond acceptors (Lipinski definition) is 6. The summed E-state index contributed by atoms with van der Waals surface area (Å²) < 4.78 is 11.4. The van der Waals surface area contributed by atoms with E-state index in [0.29, 0.717) is 33.9 Å². The smallest absolute Gasteiger partial charge is 0.338 e. The molecule has 0 radical (unpaired) electrons. The minimum atomic E-state index is -0.592. The van der Waals surface area contributed by atoms with Gasteiger partial charge in [-0.15, -0.1) is 0 Å². The molecule has 2 heterocycles. The van der Waals surface area contributed by atoms with Crippen LogP contribution in [0.5, 0.6) is 5.75 Å². The first-order valence-electron chi connectivity index (χ1n) is 9.07. The van der Waals surface area contributed by atoms with Gasteiger partial charge in [-0.3, -0.25) is 4.90 Å². The summed E-state index contributed by atoms with van der Waals surface area (Å²) in [6.07, 6.45) is 3.46. The van der Waals surface area contributed by atoms with Gasteiger partial charge in [-0.25, -0.2) is 14.8 Å². The maximum Gasteiger partial charge on any atom is 0.338 e. The van der Waals surface area contributed by atoms with Crippen LogP contribution in [0.15, 0.2) is 54.9 Å². The van der Waals surface area contributed by atoms with E-state index in [-0.39, 0.29) is 0 Å². The molecule has 1 aliphatic heterocycles. The highest BCUT2D eigenvalue weighted by molar-refractivity contribution is 6.34. The number of esters is 1. The van der Waals surface area contributed by atoms with E-state index in [4.69, 9.17) is 32.7 Å². The molecule has 8 heteroatoms. The second kappa shape index (κ2) is 8.27. The van der Waals surface area contributed by atoms with Crippen LogP contribution in [0.25, 0.3) is 0 Å². The molecule has 0 aliphatic carbocycles. The average molecular weight is 430 g/mol. The minimum absolute atomic E-state index is 0.365. The summed E-state index contributed by atoms with van der Waals surface area (Å²) in [4.78, 5) is 22.8. The predicted molar refractivity (Wildman–Crippen MR) is 111 cm³/mol. The van der Waals surface area contributed by atoms with E-state index in [1.165, 1.54) is 0 Å². The normalized spacial score (nSPS) is 15.0. The standard InChI is InChI=1S/C21H17Cl2N3O3/c1-2-8-28-20(27)13-4-5-17-18(11-13)29-19(14-9-15(22)12-16(23)10-14)26(17)21-24-6-3-7-25-21/h3-7,9-12,19H,2,8H2,1H3. The minimum Gasteiger partial charge on any atom is -0.464 e. The van der Waals surface area contributed by atoms with Crippen molar-refractivity contribution < 1.29 is 14.3 Å². The SMILES string of the molecule is CCCOC(=O)c1ccc2c(c1)OC(c1cc(Cl)cc(Cl)c1)N2c1ncccn1. The van der Waals surface area contributed by atoms with E-state index in [1.807, 2.05) is 11.8 Å². The molecule has 2 aromatic carbocycles. The molecule has 0 saturated carbocycles. The number of carbonyl (C=O) groups is 1. The Bertz CT molecular complexity index is 1030. The molecule has 1 atom stereocenters. The second-order valence-electron chi connectivity index (χ2n) is 6.41. The molecule has 148 valence electrons. The Kier molecular flexibility index (Phi) is 5.56. The van der Waals surface area contributed by atoms with Gasteiger partial charge in [0, 0.05) is 28.0 Å². The van der Waals surface area contributed by atoms with E-state index in [0.717, 1.165) is 17.7 Å². The molecule has 1 aliphatic rings. The molecule has 29 heavy (non-hydrogen) atoms. The highest BCUT2D eigenvalue weighted by atomic mass is 35.5. The molecule has 3 aromatic rings. The van der Waals surface area contributed by atoms with Gasteiger partial charge in [-0.05, 0) is 48.9 Å². The fourth-order valence-corrected chi connectivity index (χ4v) is 3.62. The molecule has 0 bridgehead atoms. The first-order valence-corrected chi connectivity index (χ1v) is 9.82. The Labute approximate surface area is 178 Å². The van der Waals surface area contributed by atoms with Crippen molar-refractivity contribution in [3.05, 3.63) is 76.0 Å². The first-order chi connectivity index (χ1) is 14.1. The number of benzene rings is 2. The molecule has 1 aromatic heterocycles. The molecule has 6 nitrogen and oxygen atoms in total. The van der Waals surface area contributed by atoms with Crippen LogP contribution in [0.1, 0.15) is 35.5 Å². The lowest BCUT2D eigenvalue weighted by Crippen LogP contribution is -2.24. The van der Waals surface area contributed by atoms with Crippen LogP contribution in [0.3, 0.4) is 0 Å². The summed E-state index contributed by atoms with van der Waals surface area (Å²) in [5.74, 6) is 0.577. The van der Waals surface area contributed by atoms with E-state index in [1.54, 1.807) is 54.9 Å². The summed E-state index contributed by atoms with van der Waals surface area (Å²) in [7, 11) is 0. The Morgan fingerprint density at radius 1 is 1.14 bits per heavy atom. The zero-order valence-electron chi connectivity index (χ0n) is 15.5. The Morgan fingerprint density at radius 3 is 2.55 bits per heavy atom. The number of ether oxygens (including phenoxy) is 2. The maximum atomic E-state index is 12.2. The summed E-state index contributed by atoms with van der Waals surface area (Å²) in [5, 5.41) is 0.981. The third-order valence-corrected chi connectivity index (χ3v) is 4.74. The average Bonchev–Trinajstić information content (AvgIpc) is 3.10. The fourth-order valence-electron chi connectivity index (χ4n) is 3.07. The lowest BCUT2D eigenvalue weighted by Gasteiger charge is -2.23. The summed E-state index contributed by atoms with van der Waals surface area (Å²) in [6.45, 7) is 2.31. The van der Waals surface area contributed by atoms with Gasteiger partial charge in [0.05, 0.1) is 17.9 Å². The number of halogens is 2. The van der Waals surface area contributed by atoms with Crippen molar-refractivity contribution in [2.75, 3.05) is 11.5 Å². The maximum absolute atomic E-state index is 12.2. The highest BCUT2D eigenvalue weighted by Crippen LogP contribution is 2.47. The molecule has 0 N–H and O–H groups in total. The van der Waals surface area contributed by atoms with Crippen LogP contribution in [-0.4, -0.2) is 22.5 Å². The molecule has 4 rings (SSSR count). The van der Waals surface area contributed by atoms with Crippen LogP contribution in [0.2, 0.25) is 10.0 Å². The van der Waals surface area contributed by atoms with E-state index in [2.05, 4.69) is 9.97 Å². The fraction of sp³-hybridized carbons (Fsp3) is 0.190. The summed E-state index contributed by atoms with van der Waals surface area (Å²) >= 11 is 12.4. The van der Waals surface area contributed by atoms with E-state index in [9.17, 15) is 4.79 Å². The van der Waals surface area contributed by atoms with Crippen LogP contribution in [0.4, 0.5) is 11.6 Å². The number of carbonyl (C=O) groups excluding carboxylic acids is 1. The molecular weight excluding hydrogens is 413 g/mol. The molecule has 0 fully saturated rings. The highest BCUT2D eigenvalue weighted by Gasteiger charge is 2.36. The number of nitrogens with zero attached hydrogens (tertiary/aromatic N) is 3. The first kappa shape index (κ1) is 19.5. The topological polar surface area (TPSA) is 64.6 Å². The number of rotatable bonds is 5. The van der Waals surface area contributed by atoms with Gasteiger partial charge >= 0.3 is 5.97 Å². The van der Waals surface area contributed by atoms with Gasteiger partial charge in [0.15, 0.2) is 0 Å². The van der Waals surface area contributed by atoms with Gasteiger partial charge in [-0.2, -0.15) is 0 Å². The molecule has 0 saturated heterocycles. The Balaban J connectivity index is 1.76. The lowest BCUT2D eigenvalue weighted by atomic mass is 10.1. The Morgan fingerprint density at radius 2 is 1.86 bits per heavy atom. The van der Waals surface area contributed by atoms with Crippen molar-refractivity contribution in [3.8, 4) is 5.75 Å². The largest absolute Gasteiger partial charge is 0.464 e. The monoisotopic (exact) mass is 429 g/mol. The summed E-state index contributed by atoms with van der Waals surface area (Å²) in [5.41, 5.74) is 1.88. The van der Waals surface area contributed by atoms with Crippen LogP contribution in [0, 0.1) is 0 Å². The molecule has 1 unspecified atom stereocenters. The number of aromatic nitrogens is 2. The van der Waals surface area contributed by atoms with E-state index < -0.39 is 12.2 Å². The van der Waals surface area contributed by atoms with Gasteiger partial charge in [-0.1, -0.05) is 30.1 Å². The second-order valence-corrected chi connectivity index (χ2v) is 7.28. The summed E-state index contributed by atoms with van der Waals surface area (Å²) in [6, 6.07) is 12.1. The van der Waals surface area contributed by atoms with Gasteiger partial charge in [0.1, 0.15) is 5.75 Å². The predicted octanol–water partition coefficient (Wildman–Crippen LogP) is 5.58. The molecular formula is C21H17Cl2N3O3. The van der Waals surface area contributed by atoms with Crippen molar-refractivity contribution in [3.63, 3.8) is 0 Å². The lowest BCUT2D eigenvalue weighted by molar-refractivity contribution is 0.0504. The number of hydrogen-bond donors (Lipinski definition) is 0. The zero-order chi connectivity index (χ0) is 20.4. The van der Waals surface area contributed by atoms with Crippen molar-refractivity contribution in [2.45, 2.75) is 19.6 Å². The van der Waals surface area contributed by atoms with Crippen LogP contribution in [-0.2, 0) is 4.74 Å². The van der Waals surface area contributed by atoms with Gasteiger partial charge < -0.3 is 9.47 Å². The van der Waals surface area contributed by atoms with Gasteiger partial charge in [0.25, 0.3) is 0 Å². The van der Waals surface area contributed by atoms with E-state index >= 15 is 0 Å². The quantitative estimate of drug-likeness (QED) is 0.493. The van der Waals surface area contributed by atoms with Crippen LogP contribution >= 0.6 is 23.2 Å². The number of anilines is 2. The van der Waals surface area contributed by atoms with Gasteiger partial charge in [0.2, 0.25) is 12.2 Å². The third kappa shape index (κ3) is 3.99. The number of fused-ring (bicyclic) bond motifs is 1. The molecule has 0 amide bonds. The van der Waals surface area contributed by atoms with Crippen LogP contribution < -0.4 is 9.64 Å². The zero-order valence-corrected chi connectivity index (χ0v) is 17.0.